The Kier molecular flexibility index (Phi) is 6.12. The second kappa shape index (κ2) is 7.12. The molecule has 1 aromatic rings. The van der Waals surface area contributed by atoms with Gasteiger partial charge in [0.1, 0.15) is 0 Å². The minimum absolute atomic E-state index is 0.205. The monoisotopic (exact) mass is 308 g/mol. The number of benzene rings is 1. The molecule has 0 N–H and O–H groups in total. The summed E-state index contributed by atoms with van der Waals surface area (Å²) in [6, 6.07) is 4.78. The van der Waals surface area contributed by atoms with E-state index in [9.17, 15) is 9.00 Å². The summed E-state index contributed by atoms with van der Waals surface area (Å²) in [5, 5.41) is 0.766. The first-order valence-electron chi connectivity index (χ1n) is 5.45. The fraction of sp³-hybridized carbons (Fsp3) is 0.417. The highest BCUT2D eigenvalue weighted by atomic mass is 35.5. The Morgan fingerprint density at radius 1 is 1.39 bits per heavy atom. The van der Waals surface area contributed by atoms with Gasteiger partial charge in [0.25, 0.3) is 0 Å². The van der Waals surface area contributed by atoms with Gasteiger partial charge in [-0.05, 0) is 25.1 Å². The van der Waals surface area contributed by atoms with Crippen molar-refractivity contribution < 1.29 is 13.7 Å². The van der Waals surface area contributed by atoms with E-state index in [1.165, 1.54) is 0 Å². The zero-order valence-electron chi connectivity index (χ0n) is 10.1. The first-order valence-corrected chi connectivity index (χ1v) is 7.53. The van der Waals surface area contributed by atoms with Gasteiger partial charge in [0, 0.05) is 10.6 Å². The maximum atomic E-state index is 12.0. The van der Waals surface area contributed by atoms with Crippen LogP contribution in [0.2, 0.25) is 10.0 Å². The fourth-order valence-electron chi connectivity index (χ4n) is 1.29. The number of hydrogen-bond donors (Lipinski definition) is 0. The Bertz CT molecular complexity index is 463. The molecular formula is C12H14Cl2O3S. The van der Waals surface area contributed by atoms with E-state index in [1.807, 2.05) is 0 Å². The van der Waals surface area contributed by atoms with Crippen molar-refractivity contribution in [3.05, 3.63) is 28.2 Å². The molecule has 0 spiro atoms. The van der Waals surface area contributed by atoms with Crippen LogP contribution in [0.5, 0.6) is 0 Å². The number of halogens is 2. The average Bonchev–Trinajstić information content (AvgIpc) is 2.32. The molecule has 0 aliphatic rings. The van der Waals surface area contributed by atoms with Crippen molar-refractivity contribution >= 4 is 40.0 Å². The number of carbonyl (C=O) groups excluding carboxylic acids is 1. The van der Waals surface area contributed by atoms with Crippen LogP contribution in [-0.2, 0) is 20.3 Å². The van der Waals surface area contributed by atoms with Gasteiger partial charge in [-0.15, -0.1) is 0 Å². The summed E-state index contributed by atoms with van der Waals surface area (Å²) in [7, 11) is -1.30. The number of rotatable bonds is 5. The molecule has 0 heterocycles. The standard InChI is InChI=1S/C12H14Cl2O3S/c1-3-17-12(15)8(2)7-18(16)9-4-5-10(13)11(14)6-9/h4-6,8H,3,7H2,1-2H3. The van der Waals surface area contributed by atoms with Crippen LogP contribution in [0.3, 0.4) is 0 Å². The van der Waals surface area contributed by atoms with Crippen molar-refractivity contribution in [2.75, 3.05) is 12.4 Å². The third-order valence-electron chi connectivity index (χ3n) is 2.24. The zero-order chi connectivity index (χ0) is 13.7. The van der Waals surface area contributed by atoms with Gasteiger partial charge in [-0.1, -0.05) is 30.1 Å². The zero-order valence-corrected chi connectivity index (χ0v) is 12.4. The summed E-state index contributed by atoms with van der Waals surface area (Å²) in [5.41, 5.74) is 0. The Morgan fingerprint density at radius 3 is 2.61 bits per heavy atom. The fourth-order valence-corrected chi connectivity index (χ4v) is 2.91. The summed E-state index contributed by atoms with van der Waals surface area (Å²) in [6.07, 6.45) is 0. The number of hydrogen-bond acceptors (Lipinski definition) is 3. The van der Waals surface area contributed by atoms with Gasteiger partial charge in [0.05, 0.1) is 33.4 Å². The van der Waals surface area contributed by atoms with E-state index in [2.05, 4.69) is 0 Å². The maximum absolute atomic E-state index is 12.0. The minimum atomic E-state index is -1.30. The first-order chi connectivity index (χ1) is 8.45. The number of ether oxygens (including phenoxy) is 1. The molecule has 0 aromatic heterocycles. The van der Waals surface area contributed by atoms with E-state index in [-0.39, 0.29) is 11.7 Å². The van der Waals surface area contributed by atoms with Gasteiger partial charge in [-0.3, -0.25) is 9.00 Å². The molecule has 3 nitrogen and oxygen atoms in total. The minimum Gasteiger partial charge on any atom is -0.466 e. The Balaban J connectivity index is 2.70. The molecule has 100 valence electrons. The highest BCUT2D eigenvalue weighted by Gasteiger charge is 2.18. The van der Waals surface area contributed by atoms with Gasteiger partial charge in [-0.2, -0.15) is 0 Å². The predicted molar refractivity (Wildman–Crippen MR) is 73.5 cm³/mol. The Morgan fingerprint density at radius 2 is 2.06 bits per heavy atom. The van der Waals surface area contributed by atoms with Crippen molar-refractivity contribution in [2.45, 2.75) is 18.7 Å². The van der Waals surface area contributed by atoms with Gasteiger partial charge in [-0.25, -0.2) is 0 Å². The van der Waals surface area contributed by atoms with E-state index >= 15 is 0 Å². The van der Waals surface area contributed by atoms with Crippen LogP contribution in [-0.4, -0.2) is 22.5 Å². The average molecular weight is 309 g/mol. The van der Waals surface area contributed by atoms with Gasteiger partial charge < -0.3 is 4.74 Å². The topological polar surface area (TPSA) is 43.4 Å². The van der Waals surface area contributed by atoms with Crippen LogP contribution >= 0.6 is 23.2 Å². The van der Waals surface area contributed by atoms with Crippen molar-refractivity contribution in [1.29, 1.82) is 0 Å². The molecule has 18 heavy (non-hydrogen) atoms. The van der Waals surface area contributed by atoms with Gasteiger partial charge in [0.15, 0.2) is 0 Å². The second-order valence-electron chi connectivity index (χ2n) is 3.74. The van der Waals surface area contributed by atoms with Crippen molar-refractivity contribution in [3.63, 3.8) is 0 Å². The number of esters is 1. The number of carbonyl (C=O) groups is 1. The smallest absolute Gasteiger partial charge is 0.309 e. The SMILES string of the molecule is CCOC(=O)C(C)CS(=O)c1ccc(Cl)c(Cl)c1. The van der Waals surface area contributed by atoms with E-state index in [1.54, 1.807) is 32.0 Å². The molecule has 1 aromatic carbocycles. The van der Waals surface area contributed by atoms with Crippen LogP contribution < -0.4 is 0 Å². The maximum Gasteiger partial charge on any atom is 0.309 e. The molecule has 2 atom stereocenters. The molecule has 2 unspecified atom stereocenters. The molecule has 0 saturated heterocycles. The van der Waals surface area contributed by atoms with E-state index in [0.29, 0.717) is 21.5 Å². The molecular weight excluding hydrogens is 295 g/mol. The lowest BCUT2D eigenvalue weighted by Crippen LogP contribution is -2.20. The molecule has 0 aliphatic heterocycles. The highest BCUT2D eigenvalue weighted by molar-refractivity contribution is 7.85. The van der Waals surface area contributed by atoms with Crippen LogP contribution in [0.1, 0.15) is 13.8 Å². The largest absolute Gasteiger partial charge is 0.466 e. The molecule has 0 aliphatic carbocycles. The van der Waals surface area contributed by atoms with Crippen molar-refractivity contribution in [3.8, 4) is 0 Å². The Labute approximate surface area is 119 Å². The normalized spacial score (nSPS) is 14.0. The van der Waals surface area contributed by atoms with Crippen molar-refractivity contribution in [2.24, 2.45) is 5.92 Å². The summed E-state index contributed by atoms with van der Waals surface area (Å²) >= 11 is 11.6. The van der Waals surface area contributed by atoms with E-state index in [0.717, 1.165) is 0 Å². The van der Waals surface area contributed by atoms with Crippen LogP contribution in [0.25, 0.3) is 0 Å². The summed E-state index contributed by atoms with van der Waals surface area (Å²) in [5.74, 6) is -0.553. The van der Waals surface area contributed by atoms with Crippen LogP contribution in [0.15, 0.2) is 23.1 Å². The van der Waals surface area contributed by atoms with Crippen molar-refractivity contribution in [1.82, 2.24) is 0 Å². The first kappa shape index (κ1) is 15.5. The lowest BCUT2D eigenvalue weighted by molar-refractivity contribution is -0.146. The van der Waals surface area contributed by atoms with Crippen LogP contribution in [0, 0.1) is 5.92 Å². The molecule has 0 radical (unpaired) electrons. The lowest BCUT2D eigenvalue weighted by Gasteiger charge is -2.10. The summed E-state index contributed by atoms with van der Waals surface area (Å²) < 4.78 is 16.9. The summed E-state index contributed by atoms with van der Waals surface area (Å²) in [4.78, 5) is 12.0. The van der Waals surface area contributed by atoms with E-state index in [4.69, 9.17) is 27.9 Å². The predicted octanol–water partition coefficient (Wildman–Crippen LogP) is 3.30. The van der Waals surface area contributed by atoms with Crippen LogP contribution in [0.4, 0.5) is 0 Å². The third-order valence-corrected chi connectivity index (χ3v) is 4.57. The molecule has 0 bridgehead atoms. The molecule has 0 fully saturated rings. The van der Waals surface area contributed by atoms with E-state index < -0.39 is 16.7 Å². The molecule has 6 heteroatoms. The van der Waals surface area contributed by atoms with Gasteiger partial charge in [0.2, 0.25) is 0 Å². The summed E-state index contributed by atoms with van der Waals surface area (Å²) in [6.45, 7) is 3.75. The Hall–Kier alpha value is -0.580. The molecule has 1 rings (SSSR count). The highest BCUT2D eigenvalue weighted by Crippen LogP contribution is 2.24. The lowest BCUT2D eigenvalue weighted by atomic mass is 10.2. The third kappa shape index (κ3) is 4.26. The van der Waals surface area contributed by atoms with Gasteiger partial charge >= 0.3 is 5.97 Å². The quantitative estimate of drug-likeness (QED) is 0.784. The second-order valence-corrected chi connectivity index (χ2v) is 6.05. The molecule has 0 amide bonds. The molecule has 0 saturated carbocycles.